The van der Waals surface area contributed by atoms with Crippen molar-refractivity contribution in [1.29, 1.82) is 0 Å². The topological polar surface area (TPSA) is 55.1 Å². The molecule has 0 atom stereocenters. The Morgan fingerprint density at radius 2 is 2.20 bits per heavy atom. The molecule has 0 spiro atoms. The van der Waals surface area contributed by atoms with Gasteiger partial charge in [-0.15, -0.1) is 0 Å². The second-order valence-corrected chi connectivity index (χ2v) is 6.14. The second-order valence-electron chi connectivity index (χ2n) is 5.22. The van der Waals surface area contributed by atoms with Crippen LogP contribution in [0.4, 0.5) is 0 Å². The maximum Gasteiger partial charge on any atom is 0.274 e. The quantitative estimate of drug-likeness (QED) is 0.933. The van der Waals surface area contributed by atoms with Crippen molar-refractivity contribution < 1.29 is 9.32 Å². The molecule has 1 saturated carbocycles. The van der Waals surface area contributed by atoms with Gasteiger partial charge in [0.1, 0.15) is 5.76 Å². The van der Waals surface area contributed by atoms with E-state index < -0.39 is 0 Å². The number of carbonyl (C=O) groups excluding carboxylic acids is 1. The Morgan fingerprint density at radius 3 is 2.75 bits per heavy atom. The average Bonchev–Trinajstić information content (AvgIpc) is 2.80. The van der Waals surface area contributed by atoms with Gasteiger partial charge in [-0.1, -0.05) is 33.2 Å². The number of nitrogens with zero attached hydrogens (tertiary/aromatic N) is 1. The molecule has 1 aromatic heterocycles. The van der Waals surface area contributed by atoms with Crippen molar-refractivity contribution in [2.75, 3.05) is 0 Å². The first-order valence-corrected chi connectivity index (χ1v) is 7.40. The van der Waals surface area contributed by atoms with Crippen molar-refractivity contribution >= 4 is 21.8 Å². The Kier molecular flexibility index (Phi) is 3.38. The number of aromatic nitrogens is 1. The molecule has 0 saturated heterocycles. The van der Waals surface area contributed by atoms with Crippen LogP contribution in [0.5, 0.6) is 0 Å². The Balaban J connectivity index is 1.85. The minimum atomic E-state index is -0.270. The molecule has 5 heteroatoms. The highest BCUT2D eigenvalue weighted by Crippen LogP contribution is 2.42. The van der Waals surface area contributed by atoms with E-state index in [0.29, 0.717) is 11.5 Å². The van der Waals surface area contributed by atoms with E-state index in [1.165, 1.54) is 0 Å². The number of halogens is 1. The third kappa shape index (κ3) is 2.38. The summed E-state index contributed by atoms with van der Waals surface area (Å²) in [5, 5.41) is 6.89. The van der Waals surface area contributed by atoms with Crippen molar-refractivity contribution in [3.05, 3.63) is 51.8 Å². The number of amides is 1. The molecule has 0 unspecified atom stereocenters. The van der Waals surface area contributed by atoms with Crippen LogP contribution in [0.3, 0.4) is 0 Å². The summed E-state index contributed by atoms with van der Waals surface area (Å²) in [6, 6.07) is 9.75. The predicted octanol–water partition coefficient (Wildman–Crippen LogP) is 3.55. The molecular weight excluding hydrogens is 320 g/mol. The van der Waals surface area contributed by atoms with Crippen LogP contribution in [0.2, 0.25) is 0 Å². The highest BCUT2D eigenvalue weighted by molar-refractivity contribution is 9.10. The van der Waals surface area contributed by atoms with Gasteiger partial charge in [0.15, 0.2) is 5.69 Å². The third-order valence-electron chi connectivity index (χ3n) is 3.80. The highest BCUT2D eigenvalue weighted by Gasteiger charge is 2.40. The maximum atomic E-state index is 12.3. The average molecular weight is 335 g/mol. The summed E-state index contributed by atoms with van der Waals surface area (Å²) in [5.74, 6) is 0.460. The summed E-state index contributed by atoms with van der Waals surface area (Å²) in [5.41, 5.74) is 1.20. The van der Waals surface area contributed by atoms with Gasteiger partial charge < -0.3 is 9.84 Å². The molecule has 1 aromatic carbocycles. The zero-order valence-electron chi connectivity index (χ0n) is 11.1. The van der Waals surface area contributed by atoms with Gasteiger partial charge in [0.05, 0.1) is 5.54 Å². The molecule has 0 bridgehead atoms. The molecule has 0 aliphatic heterocycles. The maximum absolute atomic E-state index is 12.3. The number of benzene rings is 1. The van der Waals surface area contributed by atoms with Crippen molar-refractivity contribution in [3.8, 4) is 0 Å². The molecule has 20 heavy (non-hydrogen) atoms. The van der Waals surface area contributed by atoms with Gasteiger partial charge in [-0.2, -0.15) is 0 Å². The standard InChI is InChI=1S/C15H15BrN2O2/c1-10-8-13(18-20-10)14(19)17-15(6-3-7-15)11-4-2-5-12(16)9-11/h2,4-5,8-9H,3,6-7H2,1H3,(H,17,19). The Hall–Kier alpha value is -1.62. The molecule has 1 aliphatic carbocycles. The van der Waals surface area contributed by atoms with Crippen LogP contribution in [-0.2, 0) is 5.54 Å². The van der Waals surface area contributed by atoms with Crippen LogP contribution >= 0.6 is 15.9 Å². The lowest BCUT2D eigenvalue weighted by Crippen LogP contribution is -2.50. The predicted molar refractivity (Wildman–Crippen MR) is 78.4 cm³/mol. The zero-order chi connectivity index (χ0) is 14.2. The molecular formula is C15H15BrN2O2. The molecule has 1 N–H and O–H groups in total. The molecule has 0 radical (unpaired) electrons. The van der Waals surface area contributed by atoms with Gasteiger partial charge in [0.25, 0.3) is 5.91 Å². The van der Waals surface area contributed by atoms with Crippen molar-refractivity contribution in [2.45, 2.75) is 31.7 Å². The van der Waals surface area contributed by atoms with Crippen LogP contribution in [-0.4, -0.2) is 11.1 Å². The fourth-order valence-corrected chi connectivity index (χ4v) is 2.96. The highest BCUT2D eigenvalue weighted by atomic mass is 79.9. The van der Waals surface area contributed by atoms with Crippen LogP contribution in [0.1, 0.15) is 41.1 Å². The Labute approximate surface area is 125 Å². The van der Waals surface area contributed by atoms with Crippen molar-refractivity contribution in [1.82, 2.24) is 10.5 Å². The van der Waals surface area contributed by atoms with E-state index >= 15 is 0 Å². The molecule has 1 fully saturated rings. The lowest BCUT2D eigenvalue weighted by Gasteiger charge is -2.43. The fraction of sp³-hybridized carbons (Fsp3) is 0.333. The molecule has 1 aliphatic rings. The van der Waals surface area contributed by atoms with E-state index in [-0.39, 0.29) is 11.4 Å². The van der Waals surface area contributed by atoms with Gasteiger partial charge in [-0.25, -0.2) is 0 Å². The first-order valence-electron chi connectivity index (χ1n) is 6.61. The molecule has 2 aromatic rings. The number of hydrogen-bond acceptors (Lipinski definition) is 3. The van der Waals surface area contributed by atoms with E-state index in [4.69, 9.17) is 4.52 Å². The largest absolute Gasteiger partial charge is 0.361 e. The van der Waals surface area contributed by atoms with E-state index in [9.17, 15) is 4.79 Å². The van der Waals surface area contributed by atoms with Crippen LogP contribution in [0.25, 0.3) is 0 Å². The molecule has 104 valence electrons. The van der Waals surface area contributed by atoms with Crippen molar-refractivity contribution in [2.24, 2.45) is 0 Å². The van der Waals surface area contributed by atoms with E-state index in [1.54, 1.807) is 13.0 Å². The minimum absolute atomic E-state index is 0.179. The molecule has 1 amide bonds. The van der Waals surface area contributed by atoms with Gasteiger partial charge in [-0.3, -0.25) is 4.79 Å². The normalized spacial score (nSPS) is 16.5. The van der Waals surface area contributed by atoms with Crippen molar-refractivity contribution in [3.63, 3.8) is 0 Å². The third-order valence-corrected chi connectivity index (χ3v) is 4.29. The Morgan fingerprint density at radius 1 is 1.40 bits per heavy atom. The fourth-order valence-electron chi connectivity index (χ4n) is 2.56. The molecule has 4 nitrogen and oxygen atoms in total. The molecule has 3 rings (SSSR count). The lowest BCUT2D eigenvalue weighted by molar-refractivity contribution is 0.0814. The number of carbonyl (C=O) groups is 1. The summed E-state index contributed by atoms with van der Waals surface area (Å²) >= 11 is 3.48. The number of rotatable bonds is 3. The number of hydrogen-bond donors (Lipinski definition) is 1. The first kappa shape index (κ1) is 13.4. The van der Waals surface area contributed by atoms with Crippen LogP contribution < -0.4 is 5.32 Å². The van der Waals surface area contributed by atoms with Gasteiger partial charge >= 0.3 is 0 Å². The summed E-state index contributed by atoms with van der Waals surface area (Å²) in [6.07, 6.45) is 3.02. The van der Waals surface area contributed by atoms with E-state index in [2.05, 4.69) is 38.5 Å². The number of aryl methyl sites for hydroxylation is 1. The monoisotopic (exact) mass is 334 g/mol. The SMILES string of the molecule is Cc1cc(C(=O)NC2(c3cccc(Br)c3)CCC2)no1. The van der Waals surface area contributed by atoms with Gasteiger partial charge in [0, 0.05) is 10.5 Å². The van der Waals surface area contributed by atoms with Gasteiger partial charge in [-0.05, 0) is 43.9 Å². The second kappa shape index (κ2) is 5.05. The molecule has 1 heterocycles. The minimum Gasteiger partial charge on any atom is -0.361 e. The van der Waals surface area contributed by atoms with Gasteiger partial charge in [0.2, 0.25) is 0 Å². The van der Waals surface area contributed by atoms with Crippen LogP contribution in [0.15, 0.2) is 39.3 Å². The zero-order valence-corrected chi connectivity index (χ0v) is 12.7. The smallest absolute Gasteiger partial charge is 0.274 e. The van der Waals surface area contributed by atoms with Crippen LogP contribution in [0, 0.1) is 6.92 Å². The lowest BCUT2D eigenvalue weighted by atomic mass is 9.71. The first-order chi connectivity index (χ1) is 9.59. The van der Waals surface area contributed by atoms with E-state index in [1.807, 2.05) is 12.1 Å². The number of nitrogens with one attached hydrogen (secondary N) is 1. The Bertz CT molecular complexity index is 647. The summed E-state index contributed by atoms with van der Waals surface area (Å²) < 4.78 is 5.98. The van der Waals surface area contributed by atoms with E-state index in [0.717, 1.165) is 29.3 Å². The summed E-state index contributed by atoms with van der Waals surface area (Å²) in [6.45, 7) is 1.78. The summed E-state index contributed by atoms with van der Waals surface area (Å²) in [7, 11) is 0. The summed E-state index contributed by atoms with van der Waals surface area (Å²) in [4.78, 5) is 12.3.